The van der Waals surface area contributed by atoms with E-state index in [2.05, 4.69) is 47.4 Å². The summed E-state index contributed by atoms with van der Waals surface area (Å²) in [7, 11) is 0. The van der Waals surface area contributed by atoms with Crippen molar-refractivity contribution in [2.45, 2.75) is 32.2 Å². The van der Waals surface area contributed by atoms with E-state index in [1.807, 2.05) is 32.0 Å². The Hall–Kier alpha value is -1.28. The Morgan fingerprint density at radius 1 is 1.33 bits per heavy atom. The fourth-order valence-corrected chi connectivity index (χ4v) is 3.48. The van der Waals surface area contributed by atoms with E-state index in [-0.39, 0.29) is 0 Å². The smallest absolute Gasteiger partial charge is 0.331 e. The molecular formula is C13H14Br2N4O2. The molecule has 0 spiro atoms. The van der Waals surface area contributed by atoms with Crippen LogP contribution in [-0.4, -0.2) is 31.3 Å². The maximum atomic E-state index is 11.8. The number of aliphatic carboxylic acids is 1. The molecule has 112 valence electrons. The Morgan fingerprint density at radius 2 is 2.00 bits per heavy atom. The van der Waals surface area contributed by atoms with Crippen molar-refractivity contribution >= 4 is 37.8 Å². The maximum absolute atomic E-state index is 11.8. The van der Waals surface area contributed by atoms with E-state index in [1.165, 1.54) is 4.68 Å². The number of halogens is 2. The van der Waals surface area contributed by atoms with Gasteiger partial charge in [-0.2, -0.15) is 0 Å². The molecule has 0 aliphatic rings. The molecule has 8 heteroatoms. The summed E-state index contributed by atoms with van der Waals surface area (Å²) in [6.45, 7) is 3.64. The summed E-state index contributed by atoms with van der Waals surface area (Å²) < 4.78 is 3.11. The van der Waals surface area contributed by atoms with Crippen molar-refractivity contribution in [3.63, 3.8) is 0 Å². The molecule has 2 aromatic rings. The number of carboxylic acids is 1. The van der Waals surface area contributed by atoms with Crippen LogP contribution in [0.25, 0.3) is 11.4 Å². The van der Waals surface area contributed by atoms with Crippen molar-refractivity contribution in [3.05, 3.63) is 27.1 Å². The second-order valence-corrected chi connectivity index (χ2v) is 6.35. The van der Waals surface area contributed by atoms with Crippen molar-refractivity contribution in [2.75, 3.05) is 0 Å². The van der Waals surface area contributed by atoms with Gasteiger partial charge in [0.15, 0.2) is 11.4 Å². The molecule has 0 saturated carbocycles. The van der Waals surface area contributed by atoms with Crippen LogP contribution in [0.3, 0.4) is 0 Å². The van der Waals surface area contributed by atoms with Crippen LogP contribution in [0.2, 0.25) is 0 Å². The van der Waals surface area contributed by atoms with E-state index in [0.29, 0.717) is 18.7 Å². The van der Waals surface area contributed by atoms with Crippen LogP contribution in [0.1, 0.15) is 26.7 Å². The molecule has 0 saturated heterocycles. The number of aromatic nitrogens is 4. The van der Waals surface area contributed by atoms with Gasteiger partial charge in [0, 0.05) is 14.5 Å². The number of hydrogen-bond donors (Lipinski definition) is 1. The van der Waals surface area contributed by atoms with Crippen LogP contribution in [-0.2, 0) is 10.3 Å². The maximum Gasteiger partial charge on any atom is 0.331 e. The Bertz CT molecular complexity index is 668. The Balaban J connectivity index is 2.64. The van der Waals surface area contributed by atoms with Crippen molar-refractivity contribution in [2.24, 2.45) is 0 Å². The van der Waals surface area contributed by atoms with Gasteiger partial charge in [-0.05, 0) is 57.4 Å². The van der Waals surface area contributed by atoms with E-state index in [0.717, 1.165) is 14.5 Å². The van der Waals surface area contributed by atoms with E-state index < -0.39 is 11.5 Å². The highest BCUT2D eigenvalue weighted by molar-refractivity contribution is 9.11. The number of rotatable bonds is 5. The lowest BCUT2D eigenvalue weighted by atomic mass is 9.92. The molecule has 2 rings (SSSR count). The summed E-state index contributed by atoms with van der Waals surface area (Å²) in [4.78, 5) is 11.8. The number of hydrogen-bond acceptors (Lipinski definition) is 4. The molecule has 0 aliphatic heterocycles. The molecule has 0 fully saturated rings. The SMILES string of the molecule is CCC(CC)(C(=O)O)n1nnnc1-c1ccc(Br)cc1Br. The van der Waals surface area contributed by atoms with E-state index in [9.17, 15) is 9.90 Å². The van der Waals surface area contributed by atoms with E-state index in [1.54, 1.807) is 0 Å². The van der Waals surface area contributed by atoms with Crippen molar-refractivity contribution in [1.29, 1.82) is 0 Å². The quantitative estimate of drug-likeness (QED) is 0.805. The van der Waals surface area contributed by atoms with E-state index >= 15 is 0 Å². The zero-order valence-corrected chi connectivity index (χ0v) is 14.7. The third kappa shape index (κ3) is 2.74. The summed E-state index contributed by atoms with van der Waals surface area (Å²) in [5.41, 5.74) is -0.401. The Labute approximate surface area is 138 Å². The number of carboxylic acid groups (broad SMARTS) is 1. The molecule has 21 heavy (non-hydrogen) atoms. The number of nitrogens with zero attached hydrogens (tertiary/aromatic N) is 4. The van der Waals surface area contributed by atoms with Gasteiger partial charge in [0.05, 0.1) is 0 Å². The number of carbonyl (C=O) groups is 1. The first kappa shape index (κ1) is 16.1. The minimum absolute atomic E-state index is 0.394. The number of tetrazole rings is 1. The summed E-state index contributed by atoms with van der Waals surface area (Å²) in [5.74, 6) is -0.505. The van der Waals surface area contributed by atoms with Gasteiger partial charge in [0.2, 0.25) is 0 Å². The van der Waals surface area contributed by atoms with Crippen molar-refractivity contribution in [3.8, 4) is 11.4 Å². The molecule has 1 heterocycles. The molecular weight excluding hydrogens is 404 g/mol. The molecule has 1 aromatic heterocycles. The average Bonchev–Trinajstić information content (AvgIpc) is 2.90. The summed E-state index contributed by atoms with van der Waals surface area (Å²) >= 11 is 6.85. The van der Waals surface area contributed by atoms with Crippen molar-refractivity contribution < 1.29 is 9.90 Å². The first-order chi connectivity index (χ1) is 9.96. The van der Waals surface area contributed by atoms with Crippen LogP contribution in [0.4, 0.5) is 0 Å². The molecule has 0 amide bonds. The predicted octanol–water partition coefficient (Wildman–Crippen LogP) is 3.47. The molecule has 0 unspecified atom stereocenters. The summed E-state index contributed by atoms with van der Waals surface area (Å²) in [5, 5.41) is 21.3. The average molecular weight is 418 g/mol. The van der Waals surface area contributed by atoms with Gasteiger partial charge in [0.1, 0.15) is 0 Å². The van der Waals surface area contributed by atoms with Crippen LogP contribution >= 0.6 is 31.9 Å². The lowest BCUT2D eigenvalue weighted by molar-refractivity contribution is -0.148. The molecule has 0 atom stereocenters. The standard InChI is InChI=1S/C13H14Br2N4O2/c1-3-13(4-2,12(20)21)19-11(16-17-18-19)9-6-5-8(14)7-10(9)15/h5-7H,3-4H2,1-2H3,(H,20,21). The van der Waals surface area contributed by atoms with Gasteiger partial charge in [-0.3, -0.25) is 0 Å². The molecule has 1 aromatic carbocycles. The Morgan fingerprint density at radius 3 is 2.52 bits per heavy atom. The predicted molar refractivity (Wildman–Crippen MR) is 84.8 cm³/mol. The summed E-state index contributed by atoms with van der Waals surface area (Å²) in [6, 6.07) is 5.57. The van der Waals surface area contributed by atoms with E-state index in [4.69, 9.17) is 0 Å². The third-order valence-corrected chi connectivity index (χ3v) is 4.76. The topological polar surface area (TPSA) is 80.9 Å². The molecule has 0 aliphatic carbocycles. The van der Waals surface area contributed by atoms with Crippen LogP contribution in [0, 0.1) is 0 Å². The monoisotopic (exact) mass is 416 g/mol. The van der Waals surface area contributed by atoms with Gasteiger partial charge >= 0.3 is 5.97 Å². The lowest BCUT2D eigenvalue weighted by Gasteiger charge is -2.27. The summed E-state index contributed by atoms with van der Waals surface area (Å²) in [6.07, 6.45) is 0.788. The molecule has 1 N–H and O–H groups in total. The van der Waals surface area contributed by atoms with Gasteiger partial charge in [0.25, 0.3) is 0 Å². The second-order valence-electron chi connectivity index (χ2n) is 4.58. The first-order valence-electron chi connectivity index (χ1n) is 6.44. The highest BCUT2D eigenvalue weighted by atomic mass is 79.9. The molecule has 0 radical (unpaired) electrons. The zero-order valence-electron chi connectivity index (χ0n) is 11.5. The Kier molecular flexibility index (Phi) is 4.77. The largest absolute Gasteiger partial charge is 0.479 e. The molecule has 0 bridgehead atoms. The van der Waals surface area contributed by atoms with Crippen LogP contribution in [0.15, 0.2) is 27.1 Å². The fraction of sp³-hybridized carbons (Fsp3) is 0.385. The molecule has 6 nitrogen and oxygen atoms in total. The normalized spacial score (nSPS) is 11.6. The minimum Gasteiger partial charge on any atom is -0.479 e. The van der Waals surface area contributed by atoms with Gasteiger partial charge in [-0.1, -0.05) is 29.8 Å². The fourth-order valence-electron chi connectivity index (χ4n) is 2.26. The number of benzene rings is 1. The van der Waals surface area contributed by atoms with Gasteiger partial charge in [-0.15, -0.1) is 5.10 Å². The first-order valence-corrected chi connectivity index (χ1v) is 8.02. The lowest BCUT2D eigenvalue weighted by Crippen LogP contribution is -2.42. The van der Waals surface area contributed by atoms with Crippen molar-refractivity contribution in [1.82, 2.24) is 20.2 Å². The van der Waals surface area contributed by atoms with Crippen LogP contribution < -0.4 is 0 Å². The highest BCUT2D eigenvalue weighted by Gasteiger charge is 2.40. The third-order valence-electron chi connectivity index (χ3n) is 3.61. The highest BCUT2D eigenvalue weighted by Crippen LogP contribution is 2.34. The zero-order chi connectivity index (χ0) is 15.6. The minimum atomic E-state index is -1.15. The van der Waals surface area contributed by atoms with Gasteiger partial charge < -0.3 is 5.11 Å². The van der Waals surface area contributed by atoms with Gasteiger partial charge in [-0.25, -0.2) is 9.48 Å². The second kappa shape index (κ2) is 6.23. The van der Waals surface area contributed by atoms with Crippen LogP contribution in [0.5, 0.6) is 0 Å².